The number of hydrogen-bond acceptors (Lipinski definition) is 3. The molecule has 0 atom stereocenters. The lowest BCUT2D eigenvalue weighted by molar-refractivity contribution is -0.134. The lowest BCUT2D eigenvalue weighted by atomic mass is 10.1. The minimum atomic E-state index is -0.629. The van der Waals surface area contributed by atoms with Crippen molar-refractivity contribution in [1.82, 2.24) is 14.4 Å². The Kier molecular flexibility index (Phi) is 4.58. The van der Waals surface area contributed by atoms with E-state index in [1.165, 1.54) is 14.1 Å². The molecule has 1 saturated heterocycles. The van der Waals surface area contributed by atoms with Crippen LogP contribution in [0.5, 0.6) is 0 Å². The van der Waals surface area contributed by atoms with Crippen LogP contribution in [0.3, 0.4) is 0 Å². The Morgan fingerprint density at radius 1 is 0.962 bits per heavy atom. The van der Waals surface area contributed by atoms with E-state index >= 15 is 0 Å². The molecule has 0 unspecified atom stereocenters. The molecule has 26 heavy (non-hydrogen) atoms. The third-order valence-electron chi connectivity index (χ3n) is 4.51. The van der Waals surface area contributed by atoms with E-state index in [1.807, 2.05) is 48.7 Å². The first kappa shape index (κ1) is 18.1. The number of aromatic nitrogens is 1. The number of likely N-dealkylation sites (N-methyl/N-ethyl adjacent to an activating group) is 2. The Hall–Kier alpha value is -2.67. The van der Waals surface area contributed by atoms with E-state index in [9.17, 15) is 14.4 Å². The van der Waals surface area contributed by atoms with Gasteiger partial charge in [-0.15, -0.1) is 0 Å². The molecule has 1 aromatic carbocycles. The summed E-state index contributed by atoms with van der Waals surface area (Å²) in [6.45, 7) is 3.88. The molecule has 0 N–H and O–H groups in total. The average Bonchev–Trinajstić information content (AvgIpc) is 2.89. The van der Waals surface area contributed by atoms with Gasteiger partial charge in [-0.1, -0.05) is 12.1 Å². The lowest BCUT2D eigenvalue weighted by Crippen LogP contribution is -2.52. The highest BCUT2D eigenvalue weighted by Gasteiger charge is 2.38. The molecule has 0 radical (unpaired) electrons. The first-order valence-electron chi connectivity index (χ1n) is 7.99. The second-order valence-electron chi connectivity index (χ2n) is 6.18. The van der Waals surface area contributed by atoms with Gasteiger partial charge in [-0.05, 0) is 59.6 Å². The molecule has 1 aliphatic heterocycles. The summed E-state index contributed by atoms with van der Waals surface area (Å²) < 4.78 is 2.99. The summed E-state index contributed by atoms with van der Waals surface area (Å²) in [5.74, 6) is -1.19. The summed E-state index contributed by atoms with van der Waals surface area (Å²) in [6.07, 6.45) is 1.56. The zero-order valence-electron chi connectivity index (χ0n) is 14.9. The van der Waals surface area contributed by atoms with Crippen molar-refractivity contribution in [2.45, 2.75) is 13.8 Å². The van der Waals surface area contributed by atoms with Crippen LogP contribution in [-0.2, 0) is 9.59 Å². The van der Waals surface area contributed by atoms with E-state index in [0.717, 1.165) is 36.9 Å². The van der Waals surface area contributed by atoms with Crippen molar-refractivity contribution < 1.29 is 14.4 Å². The maximum Gasteiger partial charge on any atom is 0.333 e. The molecule has 0 spiro atoms. The van der Waals surface area contributed by atoms with E-state index in [1.54, 1.807) is 6.08 Å². The van der Waals surface area contributed by atoms with Crippen LogP contribution >= 0.6 is 15.9 Å². The van der Waals surface area contributed by atoms with E-state index < -0.39 is 17.8 Å². The van der Waals surface area contributed by atoms with Crippen molar-refractivity contribution in [1.29, 1.82) is 0 Å². The van der Waals surface area contributed by atoms with Crippen molar-refractivity contribution in [2.24, 2.45) is 0 Å². The molecular weight excluding hydrogens is 398 g/mol. The molecule has 1 aromatic heterocycles. The number of para-hydroxylation sites is 1. The third kappa shape index (κ3) is 2.78. The molecule has 2 heterocycles. The number of aryl methyl sites for hydroxylation is 1. The number of barbiturate groups is 1. The zero-order chi connectivity index (χ0) is 19.2. The molecular formula is C19H18BrN3O3. The number of rotatable bonds is 2. The molecule has 0 aliphatic carbocycles. The van der Waals surface area contributed by atoms with Crippen LogP contribution in [-0.4, -0.2) is 46.3 Å². The van der Waals surface area contributed by atoms with Gasteiger partial charge in [-0.3, -0.25) is 19.4 Å². The minimum absolute atomic E-state index is 0.0259. The van der Waals surface area contributed by atoms with Gasteiger partial charge in [0.2, 0.25) is 0 Å². The molecule has 7 heteroatoms. The quantitative estimate of drug-likeness (QED) is 0.558. The topological polar surface area (TPSA) is 62.6 Å². The number of carbonyl (C=O) groups excluding carboxylic acids is 3. The van der Waals surface area contributed by atoms with Gasteiger partial charge < -0.3 is 4.57 Å². The molecule has 2 aromatic rings. The summed E-state index contributed by atoms with van der Waals surface area (Å²) in [5.41, 5.74) is 3.56. The zero-order valence-corrected chi connectivity index (χ0v) is 16.5. The second kappa shape index (κ2) is 6.57. The normalized spacial score (nSPS) is 15.1. The maximum atomic E-state index is 12.4. The lowest BCUT2D eigenvalue weighted by Gasteiger charge is -2.28. The number of benzene rings is 1. The minimum Gasteiger partial charge on any atom is -0.317 e. The molecule has 134 valence electrons. The highest BCUT2D eigenvalue weighted by atomic mass is 79.9. The van der Waals surface area contributed by atoms with Gasteiger partial charge in [0.1, 0.15) is 5.57 Å². The number of imide groups is 2. The molecule has 4 amide bonds. The van der Waals surface area contributed by atoms with Gasteiger partial charge >= 0.3 is 6.03 Å². The Balaban J connectivity index is 2.12. The number of hydrogen-bond donors (Lipinski definition) is 0. The molecule has 1 fully saturated rings. The highest BCUT2D eigenvalue weighted by Crippen LogP contribution is 2.28. The molecule has 3 rings (SSSR count). The van der Waals surface area contributed by atoms with Gasteiger partial charge in [0, 0.05) is 30.0 Å². The van der Waals surface area contributed by atoms with Gasteiger partial charge in [-0.2, -0.15) is 0 Å². The summed E-state index contributed by atoms with van der Waals surface area (Å²) in [5, 5.41) is 0. The Bertz CT molecular complexity index is 948. The van der Waals surface area contributed by atoms with Crippen LogP contribution in [0, 0.1) is 13.8 Å². The Morgan fingerprint density at radius 3 is 2.12 bits per heavy atom. The molecule has 6 nitrogen and oxygen atoms in total. The first-order valence-corrected chi connectivity index (χ1v) is 8.79. The molecule has 1 aliphatic rings. The van der Waals surface area contributed by atoms with Crippen LogP contribution < -0.4 is 0 Å². The fraction of sp³-hybridized carbons (Fsp3) is 0.211. The Labute approximate surface area is 159 Å². The number of nitrogens with zero attached hydrogens (tertiary/aromatic N) is 3. The largest absolute Gasteiger partial charge is 0.333 e. The predicted molar refractivity (Wildman–Crippen MR) is 102 cm³/mol. The van der Waals surface area contributed by atoms with Crippen LogP contribution in [0.1, 0.15) is 17.0 Å². The highest BCUT2D eigenvalue weighted by molar-refractivity contribution is 9.10. The summed E-state index contributed by atoms with van der Waals surface area (Å²) >= 11 is 3.56. The van der Waals surface area contributed by atoms with E-state index in [-0.39, 0.29) is 5.57 Å². The number of urea groups is 1. The van der Waals surface area contributed by atoms with Crippen molar-refractivity contribution in [2.75, 3.05) is 14.1 Å². The van der Waals surface area contributed by atoms with Crippen molar-refractivity contribution >= 4 is 39.9 Å². The second-order valence-corrected chi connectivity index (χ2v) is 7.04. The van der Waals surface area contributed by atoms with Gasteiger partial charge in [-0.25, -0.2) is 4.79 Å². The van der Waals surface area contributed by atoms with Crippen LogP contribution in [0.4, 0.5) is 4.79 Å². The standard InChI is InChI=1S/C19H18BrN3O3/c1-11-9-13(12(2)23(11)16-8-6-5-7-15(16)20)10-14-17(24)21(3)19(26)22(4)18(14)25/h5-10H,1-4H3. The monoisotopic (exact) mass is 415 g/mol. The van der Waals surface area contributed by atoms with E-state index in [2.05, 4.69) is 15.9 Å². The van der Waals surface area contributed by atoms with Crippen molar-refractivity contribution in [3.63, 3.8) is 0 Å². The maximum absolute atomic E-state index is 12.4. The summed E-state index contributed by atoms with van der Waals surface area (Å²) in [6, 6.07) is 9.11. The van der Waals surface area contributed by atoms with Crippen LogP contribution in [0.25, 0.3) is 11.8 Å². The first-order chi connectivity index (χ1) is 12.2. The van der Waals surface area contributed by atoms with E-state index in [0.29, 0.717) is 0 Å². The number of amides is 4. The van der Waals surface area contributed by atoms with E-state index in [4.69, 9.17) is 0 Å². The van der Waals surface area contributed by atoms with Crippen molar-refractivity contribution in [3.05, 3.63) is 57.3 Å². The molecule has 0 saturated carbocycles. The fourth-order valence-corrected chi connectivity index (χ4v) is 3.53. The smallest absolute Gasteiger partial charge is 0.317 e. The van der Waals surface area contributed by atoms with Crippen LogP contribution in [0.15, 0.2) is 40.4 Å². The van der Waals surface area contributed by atoms with Crippen LogP contribution in [0.2, 0.25) is 0 Å². The summed E-state index contributed by atoms with van der Waals surface area (Å²) in [7, 11) is 2.73. The van der Waals surface area contributed by atoms with Gasteiger partial charge in [0.25, 0.3) is 11.8 Å². The Morgan fingerprint density at radius 2 is 1.54 bits per heavy atom. The molecule has 0 bridgehead atoms. The predicted octanol–water partition coefficient (Wildman–Crippen LogP) is 3.29. The van der Waals surface area contributed by atoms with Gasteiger partial charge in [0.05, 0.1) is 5.69 Å². The summed E-state index contributed by atoms with van der Waals surface area (Å²) in [4.78, 5) is 38.6. The average molecular weight is 416 g/mol. The SMILES string of the molecule is Cc1cc(C=C2C(=O)N(C)C(=O)N(C)C2=O)c(C)n1-c1ccccc1Br. The van der Waals surface area contributed by atoms with Gasteiger partial charge in [0.15, 0.2) is 0 Å². The van der Waals surface area contributed by atoms with Crippen molar-refractivity contribution in [3.8, 4) is 5.69 Å². The fourth-order valence-electron chi connectivity index (χ4n) is 3.07. The number of carbonyl (C=O) groups is 3. The number of halogens is 1. The third-order valence-corrected chi connectivity index (χ3v) is 5.18.